The number of benzene rings is 1. The molecule has 4 heteroatoms. The Kier molecular flexibility index (Phi) is 2.70. The smallest absolute Gasteiger partial charge is 0.144 e. The Balaban J connectivity index is 2.14. The third-order valence-electron chi connectivity index (χ3n) is 3.51. The predicted molar refractivity (Wildman–Crippen MR) is 71.2 cm³/mol. The van der Waals surface area contributed by atoms with Crippen molar-refractivity contribution in [2.24, 2.45) is 0 Å². The summed E-state index contributed by atoms with van der Waals surface area (Å²) in [6.45, 7) is 0. The molecule has 4 nitrogen and oxygen atoms in total. The van der Waals surface area contributed by atoms with E-state index in [1.807, 2.05) is 28.9 Å². The minimum atomic E-state index is 0.759. The summed E-state index contributed by atoms with van der Waals surface area (Å²) in [5.74, 6) is 1.55. The van der Waals surface area contributed by atoms with E-state index in [4.69, 9.17) is 10.5 Å². The lowest BCUT2D eigenvalue weighted by atomic mass is 9.98. The molecule has 0 saturated heterocycles. The second kappa shape index (κ2) is 4.37. The molecule has 0 saturated carbocycles. The average molecular weight is 243 g/mol. The molecule has 94 valence electrons. The average Bonchev–Trinajstić information content (AvgIpc) is 2.76. The third-order valence-corrected chi connectivity index (χ3v) is 3.51. The molecule has 1 aromatic heterocycles. The van der Waals surface area contributed by atoms with E-state index in [0.29, 0.717) is 0 Å². The van der Waals surface area contributed by atoms with Gasteiger partial charge in [-0.1, -0.05) is 12.1 Å². The van der Waals surface area contributed by atoms with Crippen LogP contribution in [0.1, 0.15) is 24.1 Å². The highest BCUT2D eigenvalue weighted by Crippen LogP contribution is 2.30. The van der Waals surface area contributed by atoms with Crippen LogP contribution in [-0.2, 0) is 12.8 Å². The van der Waals surface area contributed by atoms with Gasteiger partial charge in [-0.15, -0.1) is 0 Å². The molecular formula is C14H17N3O. The van der Waals surface area contributed by atoms with Gasteiger partial charge in [-0.3, -0.25) is 0 Å². The minimum Gasteiger partial charge on any atom is -0.494 e. The summed E-state index contributed by atoms with van der Waals surface area (Å²) >= 11 is 0. The largest absolute Gasteiger partial charge is 0.494 e. The Morgan fingerprint density at radius 1 is 1.22 bits per heavy atom. The number of fused-ring (bicyclic) bond motifs is 1. The normalized spacial score (nSPS) is 14.3. The number of para-hydroxylation sites is 2. The number of methoxy groups -OCH3 is 1. The number of nitrogen functional groups attached to an aromatic ring is 1. The topological polar surface area (TPSA) is 53.1 Å². The maximum absolute atomic E-state index is 6.22. The lowest BCUT2D eigenvalue weighted by Crippen LogP contribution is -2.04. The number of aromatic nitrogens is 2. The summed E-state index contributed by atoms with van der Waals surface area (Å²) < 4.78 is 7.18. The van der Waals surface area contributed by atoms with Crippen molar-refractivity contribution in [1.82, 2.24) is 9.78 Å². The Bertz CT molecular complexity index is 574. The SMILES string of the molecule is COc1ccccc1-n1nc2c(c1N)CCCC2. The van der Waals surface area contributed by atoms with E-state index in [9.17, 15) is 0 Å². The van der Waals surface area contributed by atoms with E-state index in [-0.39, 0.29) is 0 Å². The van der Waals surface area contributed by atoms with Crippen molar-refractivity contribution in [3.8, 4) is 11.4 Å². The van der Waals surface area contributed by atoms with Gasteiger partial charge in [0, 0.05) is 5.56 Å². The first kappa shape index (κ1) is 11.1. The van der Waals surface area contributed by atoms with Gasteiger partial charge in [0.05, 0.1) is 12.8 Å². The summed E-state index contributed by atoms with van der Waals surface area (Å²) in [6, 6.07) is 7.82. The van der Waals surface area contributed by atoms with Crippen LogP contribution in [0, 0.1) is 0 Å². The first-order valence-corrected chi connectivity index (χ1v) is 6.31. The van der Waals surface area contributed by atoms with Crippen LogP contribution in [0.2, 0.25) is 0 Å². The van der Waals surface area contributed by atoms with Gasteiger partial charge in [0.25, 0.3) is 0 Å². The first-order chi connectivity index (χ1) is 8.81. The highest BCUT2D eigenvalue weighted by molar-refractivity contribution is 5.55. The van der Waals surface area contributed by atoms with Gasteiger partial charge < -0.3 is 10.5 Å². The fourth-order valence-corrected chi connectivity index (χ4v) is 2.57. The molecule has 18 heavy (non-hydrogen) atoms. The standard InChI is InChI=1S/C14H17N3O/c1-18-13-9-5-4-8-12(13)17-14(15)10-6-2-3-7-11(10)16-17/h4-5,8-9H,2-3,6-7,15H2,1H3. The molecular weight excluding hydrogens is 226 g/mol. The molecule has 2 aromatic rings. The van der Waals surface area contributed by atoms with Crippen LogP contribution in [0.4, 0.5) is 5.82 Å². The number of anilines is 1. The molecule has 1 aliphatic rings. The zero-order chi connectivity index (χ0) is 12.5. The number of hydrogen-bond donors (Lipinski definition) is 1. The molecule has 2 N–H and O–H groups in total. The van der Waals surface area contributed by atoms with Crippen molar-refractivity contribution in [3.63, 3.8) is 0 Å². The van der Waals surface area contributed by atoms with Crippen LogP contribution >= 0.6 is 0 Å². The summed E-state index contributed by atoms with van der Waals surface area (Å²) in [5, 5.41) is 4.64. The molecule has 1 heterocycles. The van der Waals surface area contributed by atoms with Crippen molar-refractivity contribution >= 4 is 5.82 Å². The quantitative estimate of drug-likeness (QED) is 0.880. The van der Waals surface area contributed by atoms with Crippen molar-refractivity contribution in [2.75, 3.05) is 12.8 Å². The summed E-state index contributed by atoms with van der Waals surface area (Å²) in [4.78, 5) is 0. The van der Waals surface area contributed by atoms with E-state index in [2.05, 4.69) is 5.10 Å². The Hall–Kier alpha value is -1.97. The summed E-state index contributed by atoms with van der Waals surface area (Å²) in [6.07, 6.45) is 4.47. The van der Waals surface area contributed by atoms with Crippen molar-refractivity contribution in [3.05, 3.63) is 35.5 Å². The fraction of sp³-hybridized carbons (Fsp3) is 0.357. The molecule has 1 aromatic carbocycles. The second-order valence-electron chi connectivity index (χ2n) is 4.60. The van der Waals surface area contributed by atoms with Gasteiger partial charge in [-0.2, -0.15) is 5.10 Å². The molecule has 3 rings (SSSR count). The fourth-order valence-electron chi connectivity index (χ4n) is 2.57. The van der Waals surface area contributed by atoms with Crippen LogP contribution in [0.25, 0.3) is 5.69 Å². The second-order valence-corrected chi connectivity index (χ2v) is 4.60. The number of aryl methyl sites for hydroxylation is 1. The molecule has 1 aliphatic carbocycles. The summed E-state index contributed by atoms with van der Waals surface area (Å²) in [5.41, 5.74) is 9.49. The Morgan fingerprint density at radius 3 is 2.78 bits per heavy atom. The lowest BCUT2D eigenvalue weighted by Gasteiger charge is -2.10. The van der Waals surface area contributed by atoms with E-state index in [0.717, 1.165) is 35.8 Å². The Labute approximate surface area is 106 Å². The molecule has 0 aliphatic heterocycles. The number of rotatable bonds is 2. The highest BCUT2D eigenvalue weighted by Gasteiger charge is 2.20. The minimum absolute atomic E-state index is 0.759. The third kappa shape index (κ3) is 1.65. The van der Waals surface area contributed by atoms with Gasteiger partial charge in [0.15, 0.2) is 0 Å². The number of ether oxygens (including phenoxy) is 1. The van der Waals surface area contributed by atoms with Crippen LogP contribution in [-0.4, -0.2) is 16.9 Å². The number of nitrogens with two attached hydrogens (primary N) is 1. The van der Waals surface area contributed by atoms with Crippen LogP contribution in [0.5, 0.6) is 5.75 Å². The molecule has 0 bridgehead atoms. The molecule has 0 fully saturated rings. The summed E-state index contributed by atoms with van der Waals surface area (Å²) in [7, 11) is 1.67. The van der Waals surface area contributed by atoms with E-state index in [1.54, 1.807) is 7.11 Å². The number of hydrogen-bond acceptors (Lipinski definition) is 3. The maximum atomic E-state index is 6.22. The first-order valence-electron chi connectivity index (χ1n) is 6.31. The van der Waals surface area contributed by atoms with Crippen LogP contribution in [0.3, 0.4) is 0 Å². The van der Waals surface area contributed by atoms with Crippen LogP contribution in [0.15, 0.2) is 24.3 Å². The van der Waals surface area contributed by atoms with Gasteiger partial charge in [-0.25, -0.2) is 4.68 Å². The molecule has 0 atom stereocenters. The van der Waals surface area contributed by atoms with E-state index < -0.39 is 0 Å². The van der Waals surface area contributed by atoms with Crippen molar-refractivity contribution < 1.29 is 4.74 Å². The molecule has 0 amide bonds. The lowest BCUT2D eigenvalue weighted by molar-refractivity contribution is 0.412. The molecule has 0 unspecified atom stereocenters. The maximum Gasteiger partial charge on any atom is 0.144 e. The van der Waals surface area contributed by atoms with Gasteiger partial charge >= 0.3 is 0 Å². The zero-order valence-electron chi connectivity index (χ0n) is 10.5. The Morgan fingerprint density at radius 2 is 2.00 bits per heavy atom. The monoisotopic (exact) mass is 243 g/mol. The highest BCUT2D eigenvalue weighted by atomic mass is 16.5. The van der Waals surface area contributed by atoms with Gasteiger partial charge in [-0.05, 0) is 37.8 Å². The number of nitrogens with zero attached hydrogens (tertiary/aromatic N) is 2. The van der Waals surface area contributed by atoms with E-state index >= 15 is 0 Å². The predicted octanol–water partition coefficient (Wildman–Crippen LogP) is 2.34. The van der Waals surface area contributed by atoms with Crippen molar-refractivity contribution in [1.29, 1.82) is 0 Å². The van der Waals surface area contributed by atoms with Gasteiger partial charge in [0.1, 0.15) is 17.3 Å². The molecule has 0 radical (unpaired) electrons. The van der Waals surface area contributed by atoms with Crippen LogP contribution < -0.4 is 10.5 Å². The molecule has 0 spiro atoms. The zero-order valence-corrected chi connectivity index (χ0v) is 10.5. The van der Waals surface area contributed by atoms with E-state index in [1.165, 1.54) is 18.4 Å². The van der Waals surface area contributed by atoms with Crippen molar-refractivity contribution in [2.45, 2.75) is 25.7 Å². The van der Waals surface area contributed by atoms with Gasteiger partial charge in [0.2, 0.25) is 0 Å².